The maximum absolute atomic E-state index is 5.58. The van der Waals surface area contributed by atoms with E-state index in [0.29, 0.717) is 5.13 Å². The lowest BCUT2D eigenvalue weighted by molar-refractivity contribution is 1.47. The molecule has 1 aromatic carbocycles. The predicted molar refractivity (Wildman–Crippen MR) is 59.4 cm³/mol. The molecule has 0 aliphatic carbocycles. The molecular formula is C7H4Br2N2S. The zero-order chi connectivity index (χ0) is 8.72. The summed E-state index contributed by atoms with van der Waals surface area (Å²) in [5.74, 6) is 0. The van der Waals surface area contributed by atoms with E-state index in [9.17, 15) is 0 Å². The second-order valence-corrected chi connectivity index (χ2v) is 4.97. The number of anilines is 1. The summed E-state index contributed by atoms with van der Waals surface area (Å²) in [4.78, 5) is 4.19. The van der Waals surface area contributed by atoms with Crippen LogP contribution in [0.1, 0.15) is 0 Å². The Morgan fingerprint density at radius 1 is 1.33 bits per heavy atom. The van der Waals surface area contributed by atoms with Crippen molar-refractivity contribution in [3.05, 3.63) is 21.1 Å². The van der Waals surface area contributed by atoms with Crippen molar-refractivity contribution in [2.75, 3.05) is 5.73 Å². The average Bonchev–Trinajstić information content (AvgIpc) is 2.39. The second-order valence-electron chi connectivity index (χ2n) is 2.26. The Labute approximate surface area is 90.0 Å². The molecule has 0 saturated carbocycles. The Bertz CT molecular complexity index is 438. The normalized spacial score (nSPS) is 10.8. The first-order valence-corrected chi connectivity index (χ1v) is 5.59. The molecule has 0 amide bonds. The van der Waals surface area contributed by atoms with Gasteiger partial charge in [-0.25, -0.2) is 4.98 Å². The predicted octanol–water partition coefficient (Wildman–Crippen LogP) is 3.40. The summed E-state index contributed by atoms with van der Waals surface area (Å²) in [6, 6.07) is 3.97. The van der Waals surface area contributed by atoms with E-state index in [-0.39, 0.29) is 0 Å². The van der Waals surface area contributed by atoms with E-state index in [4.69, 9.17) is 5.73 Å². The van der Waals surface area contributed by atoms with Gasteiger partial charge in [0.25, 0.3) is 0 Å². The quantitative estimate of drug-likeness (QED) is 0.810. The van der Waals surface area contributed by atoms with Gasteiger partial charge in [-0.1, -0.05) is 11.3 Å². The largest absolute Gasteiger partial charge is 0.375 e. The molecular weight excluding hydrogens is 304 g/mol. The molecule has 0 atom stereocenters. The zero-order valence-corrected chi connectivity index (χ0v) is 9.83. The minimum atomic E-state index is 0.601. The molecule has 1 aromatic heterocycles. The summed E-state index contributed by atoms with van der Waals surface area (Å²) in [7, 11) is 0. The van der Waals surface area contributed by atoms with E-state index in [2.05, 4.69) is 36.8 Å². The summed E-state index contributed by atoms with van der Waals surface area (Å²) >= 11 is 8.33. The summed E-state index contributed by atoms with van der Waals surface area (Å²) in [5.41, 5.74) is 6.50. The van der Waals surface area contributed by atoms with Gasteiger partial charge in [-0.3, -0.25) is 0 Å². The summed E-state index contributed by atoms with van der Waals surface area (Å²) in [6.07, 6.45) is 0. The van der Waals surface area contributed by atoms with E-state index < -0.39 is 0 Å². The summed E-state index contributed by atoms with van der Waals surface area (Å²) in [5, 5.41) is 0.601. The fraction of sp³-hybridized carbons (Fsp3) is 0. The number of benzene rings is 1. The van der Waals surface area contributed by atoms with Gasteiger partial charge in [-0.05, 0) is 44.0 Å². The Morgan fingerprint density at radius 3 is 2.83 bits per heavy atom. The molecule has 0 saturated heterocycles. The fourth-order valence-electron chi connectivity index (χ4n) is 0.954. The first kappa shape index (κ1) is 8.47. The lowest BCUT2D eigenvalue weighted by Crippen LogP contribution is -1.80. The molecule has 0 unspecified atom stereocenters. The van der Waals surface area contributed by atoms with Gasteiger partial charge in [0.2, 0.25) is 0 Å². The number of hydrogen-bond acceptors (Lipinski definition) is 3. The molecule has 0 aliphatic heterocycles. The van der Waals surface area contributed by atoms with E-state index in [0.717, 1.165) is 19.2 Å². The smallest absolute Gasteiger partial charge is 0.181 e. The van der Waals surface area contributed by atoms with Crippen LogP contribution in [0, 0.1) is 0 Å². The first-order chi connectivity index (χ1) is 5.68. The summed E-state index contributed by atoms with van der Waals surface area (Å²) < 4.78 is 3.07. The molecule has 12 heavy (non-hydrogen) atoms. The first-order valence-electron chi connectivity index (χ1n) is 3.18. The van der Waals surface area contributed by atoms with Crippen LogP contribution in [-0.2, 0) is 0 Å². The molecule has 2 nitrogen and oxygen atoms in total. The molecule has 0 aliphatic rings. The number of nitrogens with zero attached hydrogens (tertiary/aromatic N) is 1. The van der Waals surface area contributed by atoms with Crippen LogP contribution in [-0.4, -0.2) is 4.98 Å². The topological polar surface area (TPSA) is 38.9 Å². The standard InChI is InChI=1S/C7H4Br2N2S/c8-3-1-2-4-6(5(3)9)11-7(10)12-4/h1-2H,(H2,10,11). The third-order valence-corrected chi connectivity index (χ3v) is 4.31. The SMILES string of the molecule is Nc1nc2c(Br)c(Br)ccc2s1. The molecule has 1 heterocycles. The van der Waals surface area contributed by atoms with Crippen LogP contribution >= 0.6 is 43.2 Å². The summed E-state index contributed by atoms with van der Waals surface area (Å²) in [6.45, 7) is 0. The van der Waals surface area contributed by atoms with Crippen molar-refractivity contribution in [3.8, 4) is 0 Å². The van der Waals surface area contributed by atoms with Gasteiger partial charge < -0.3 is 5.73 Å². The van der Waals surface area contributed by atoms with Crippen molar-refractivity contribution in [1.29, 1.82) is 0 Å². The van der Waals surface area contributed by atoms with Crippen molar-refractivity contribution in [3.63, 3.8) is 0 Å². The highest BCUT2D eigenvalue weighted by atomic mass is 79.9. The highest BCUT2D eigenvalue weighted by Gasteiger charge is 2.06. The van der Waals surface area contributed by atoms with Crippen LogP contribution in [0.2, 0.25) is 0 Å². The number of fused-ring (bicyclic) bond motifs is 1. The maximum atomic E-state index is 5.58. The van der Waals surface area contributed by atoms with Crippen LogP contribution in [0.15, 0.2) is 21.1 Å². The van der Waals surface area contributed by atoms with E-state index in [1.54, 1.807) is 0 Å². The van der Waals surface area contributed by atoms with E-state index in [1.807, 2.05) is 12.1 Å². The average molecular weight is 308 g/mol. The third kappa shape index (κ3) is 1.26. The molecule has 0 radical (unpaired) electrons. The van der Waals surface area contributed by atoms with Crippen molar-refractivity contribution in [2.45, 2.75) is 0 Å². The Hall–Kier alpha value is -0.130. The second kappa shape index (κ2) is 2.97. The minimum absolute atomic E-state index is 0.601. The highest BCUT2D eigenvalue weighted by molar-refractivity contribution is 9.13. The van der Waals surface area contributed by atoms with Gasteiger partial charge in [0.15, 0.2) is 5.13 Å². The molecule has 2 rings (SSSR count). The van der Waals surface area contributed by atoms with Gasteiger partial charge in [-0.15, -0.1) is 0 Å². The molecule has 62 valence electrons. The van der Waals surface area contributed by atoms with Gasteiger partial charge in [0.05, 0.1) is 14.7 Å². The van der Waals surface area contributed by atoms with E-state index >= 15 is 0 Å². The molecule has 0 fully saturated rings. The molecule has 2 N–H and O–H groups in total. The molecule has 5 heteroatoms. The molecule has 0 bridgehead atoms. The highest BCUT2D eigenvalue weighted by Crippen LogP contribution is 2.34. The Balaban J connectivity index is 2.89. The van der Waals surface area contributed by atoms with Crippen molar-refractivity contribution >= 4 is 58.5 Å². The van der Waals surface area contributed by atoms with Crippen LogP contribution in [0.4, 0.5) is 5.13 Å². The van der Waals surface area contributed by atoms with Crippen LogP contribution in [0.25, 0.3) is 10.2 Å². The third-order valence-electron chi connectivity index (χ3n) is 1.47. The Morgan fingerprint density at radius 2 is 2.08 bits per heavy atom. The minimum Gasteiger partial charge on any atom is -0.375 e. The lowest BCUT2D eigenvalue weighted by atomic mass is 10.3. The molecule has 2 aromatic rings. The monoisotopic (exact) mass is 306 g/mol. The van der Waals surface area contributed by atoms with Gasteiger partial charge in [-0.2, -0.15) is 0 Å². The van der Waals surface area contributed by atoms with Gasteiger partial charge >= 0.3 is 0 Å². The fourth-order valence-corrected chi connectivity index (χ4v) is 2.58. The number of aromatic nitrogens is 1. The number of nitrogens with two attached hydrogens (primary N) is 1. The number of rotatable bonds is 0. The van der Waals surface area contributed by atoms with Crippen molar-refractivity contribution in [1.82, 2.24) is 4.98 Å². The lowest BCUT2D eigenvalue weighted by Gasteiger charge is -1.94. The van der Waals surface area contributed by atoms with Gasteiger partial charge in [0.1, 0.15) is 0 Å². The van der Waals surface area contributed by atoms with E-state index in [1.165, 1.54) is 11.3 Å². The number of nitrogen functional groups attached to an aromatic ring is 1. The number of hydrogen-bond donors (Lipinski definition) is 1. The van der Waals surface area contributed by atoms with Crippen molar-refractivity contribution < 1.29 is 0 Å². The van der Waals surface area contributed by atoms with Gasteiger partial charge in [0, 0.05) is 4.47 Å². The van der Waals surface area contributed by atoms with Crippen LogP contribution in [0.3, 0.4) is 0 Å². The number of thiazole rings is 1. The molecule has 0 spiro atoms. The van der Waals surface area contributed by atoms with Crippen LogP contribution in [0.5, 0.6) is 0 Å². The number of halogens is 2. The maximum Gasteiger partial charge on any atom is 0.181 e. The van der Waals surface area contributed by atoms with Crippen molar-refractivity contribution in [2.24, 2.45) is 0 Å². The Kier molecular flexibility index (Phi) is 2.10. The zero-order valence-electron chi connectivity index (χ0n) is 5.84. The van der Waals surface area contributed by atoms with Crippen LogP contribution < -0.4 is 5.73 Å².